The van der Waals surface area contributed by atoms with Crippen molar-refractivity contribution in [3.8, 4) is 6.07 Å². The van der Waals surface area contributed by atoms with Crippen LogP contribution in [0.15, 0.2) is 42.5 Å². The molecule has 1 N–H and O–H groups in total. The molecule has 0 saturated heterocycles. The first-order valence-electron chi connectivity index (χ1n) is 7.19. The number of hydrogen-bond acceptors (Lipinski definition) is 4. The molecule has 0 amide bonds. The first-order chi connectivity index (χ1) is 11.5. The standard InChI is InChI=1S/C17H11N5O2/c1-20-14-4-2-3-5-15(14)21-16(19)12-8-10(22(23)24)6-7-11(12)13(9-18)17(20)21/h2-8,19H,1H3. The van der Waals surface area contributed by atoms with Crippen LogP contribution in [0.1, 0.15) is 5.56 Å². The van der Waals surface area contributed by atoms with E-state index in [2.05, 4.69) is 6.07 Å². The van der Waals surface area contributed by atoms with E-state index >= 15 is 0 Å². The number of nitriles is 1. The van der Waals surface area contributed by atoms with Crippen molar-refractivity contribution in [3.63, 3.8) is 0 Å². The number of fused-ring (bicyclic) bond motifs is 4. The van der Waals surface area contributed by atoms with Gasteiger partial charge in [0.05, 0.1) is 16.0 Å². The van der Waals surface area contributed by atoms with E-state index in [4.69, 9.17) is 5.41 Å². The highest BCUT2D eigenvalue weighted by Crippen LogP contribution is 2.27. The number of nitrogens with zero attached hydrogens (tertiary/aromatic N) is 4. The lowest BCUT2D eigenvalue weighted by Crippen LogP contribution is -2.15. The van der Waals surface area contributed by atoms with E-state index in [0.29, 0.717) is 22.0 Å². The smallest absolute Gasteiger partial charge is 0.270 e. The molecule has 2 heterocycles. The SMILES string of the molecule is Cn1c2ccccc2n2c(=N)c3cc([N+](=O)[O-])ccc3c(C#N)c12. The molecule has 7 heteroatoms. The van der Waals surface area contributed by atoms with Crippen molar-refractivity contribution in [1.29, 1.82) is 10.7 Å². The summed E-state index contributed by atoms with van der Waals surface area (Å²) >= 11 is 0. The molecular weight excluding hydrogens is 306 g/mol. The summed E-state index contributed by atoms with van der Waals surface area (Å²) in [6, 6.07) is 14.0. The Balaban J connectivity index is 2.38. The minimum atomic E-state index is -0.497. The molecule has 0 fully saturated rings. The number of nitro groups is 1. The predicted molar refractivity (Wildman–Crippen MR) is 88.6 cm³/mol. The van der Waals surface area contributed by atoms with Gasteiger partial charge in [0.25, 0.3) is 5.69 Å². The van der Waals surface area contributed by atoms with Crippen LogP contribution >= 0.6 is 0 Å². The third-order valence-corrected chi connectivity index (χ3v) is 4.31. The van der Waals surface area contributed by atoms with Crippen molar-refractivity contribution in [1.82, 2.24) is 8.97 Å². The molecule has 2 aromatic carbocycles. The summed E-state index contributed by atoms with van der Waals surface area (Å²) < 4.78 is 3.53. The number of non-ortho nitro benzene ring substituents is 1. The zero-order valence-electron chi connectivity index (χ0n) is 12.6. The van der Waals surface area contributed by atoms with Crippen molar-refractivity contribution >= 4 is 33.1 Å². The summed E-state index contributed by atoms with van der Waals surface area (Å²) in [7, 11) is 1.84. The van der Waals surface area contributed by atoms with E-state index in [1.807, 2.05) is 35.9 Å². The number of aryl methyl sites for hydroxylation is 1. The van der Waals surface area contributed by atoms with Gasteiger partial charge in [0, 0.05) is 30.0 Å². The molecule has 0 saturated carbocycles. The fourth-order valence-electron chi connectivity index (χ4n) is 3.23. The second-order valence-corrected chi connectivity index (χ2v) is 5.53. The highest BCUT2D eigenvalue weighted by molar-refractivity contribution is 5.96. The van der Waals surface area contributed by atoms with Crippen molar-refractivity contribution in [2.45, 2.75) is 0 Å². The van der Waals surface area contributed by atoms with Gasteiger partial charge in [-0.25, -0.2) is 0 Å². The largest absolute Gasteiger partial charge is 0.328 e. The van der Waals surface area contributed by atoms with Crippen LogP contribution in [0.5, 0.6) is 0 Å². The molecule has 116 valence electrons. The first kappa shape index (κ1) is 14.0. The maximum atomic E-state index is 11.1. The van der Waals surface area contributed by atoms with Crippen molar-refractivity contribution in [2.75, 3.05) is 0 Å². The molecule has 7 nitrogen and oxygen atoms in total. The van der Waals surface area contributed by atoms with Crippen LogP contribution in [0, 0.1) is 26.9 Å². The Morgan fingerprint density at radius 2 is 1.88 bits per heavy atom. The van der Waals surface area contributed by atoms with Crippen LogP contribution in [0.3, 0.4) is 0 Å². The zero-order valence-corrected chi connectivity index (χ0v) is 12.6. The number of para-hydroxylation sites is 2. The van der Waals surface area contributed by atoms with E-state index in [-0.39, 0.29) is 11.2 Å². The lowest BCUT2D eigenvalue weighted by atomic mass is 10.1. The highest BCUT2D eigenvalue weighted by atomic mass is 16.6. The van der Waals surface area contributed by atoms with Gasteiger partial charge in [-0.15, -0.1) is 0 Å². The maximum Gasteiger partial charge on any atom is 0.270 e. The Morgan fingerprint density at radius 3 is 2.54 bits per heavy atom. The number of benzene rings is 2. The Bertz CT molecular complexity index is 1270. The lowest BCUT2D eigenvalue weighted by molar-refractivity contribution is -0.384. The summed E-state index contributed by atoms with van der Waals surface area (Å²) in [5.74, 6) is 0. The Labute approximate surface area is 135 Å². The van der Waals surface area contributed by atoms with Crippen LogP contribution in [0.4, 0.5) is 5.69 Å². The van der Waals surface area contributed by atoms with Gasteiger partial charge >= 0.3 is 0 Å². The van der Waals surface area contributed by atoms with Crippen LogP contribution < -0.4 is 5.49 Å². The van der Waals surface area contributed by atoms with Crippen LogP contribution in [0.2, 0.25) is 0 Å². The number of rotatable bonds is 1. The van der Waals surface area contributed by atoms with E-state index in [1.54, 1.807) is 10.5 Å². The number of pyridine rings is 1. The monoisotopic (exact) mass is 317 g/mol. The fourth-order valence-corrected chi connectivity index (χ4v) is 3.23. The van der Waals surface area contributed by atoms with Gasteiger partial charge in [-0.05, 0) is 18.2 Å². The number of aromatic nitrogens is 2. The predicted octanol–water partition coefficient (Wildman–Crippen LogP) is 2.84. The van der Waals surface area contributed by atoms with Gasteiger partial charge < -0.3 is 4.57 Å². The van der Waals surface area contributed by atoms with Gasteiger partial charge in [0.15, 0.2) is 0 Å². The van der Waals surface area contributed by atoms with Crippen molar-refractivity contribution in [3.05, 3.63) is 63.6 Å². The summed E-state index contributed by atoms with van der Waals surface area (Å²) in [5, 5.41) is 30.2. The Morgan fingerprint density at radius 1 is 1.17 bits per heavy atom. The number of nitro benzene ring substituents is 1. The molecule has 0 bridgehead atoms. The molecule has 0 spiro atoms. The van der Waals surface area contributed by atoms with E-state index < -0.39 is 4.92 Å². The molecule has 0 aliphatic rings. The van der Waals surface area contributed by atoms with Crippen LogP contribution in [-0.2, 0) is 7.05 Å². The van der Waals surface area contributed by atoms with Gasteiger partial charge in [-0.3, -0.25) is 19.9 Å². The van der Waals surface area contributed by atoms with Crippen molar-refractivity contribution in [2.24, 2.45) is 7.05 Å². The Kier molecular flexibility index (Phi) is 2.71. The molecule has 2 aromatic heterocycles. The third kappa shape index (κ3) is 1.62. The number of nitrogens with one attached hydrogen (secondary N) is 1. The molecule has 0 atom stereocenters. The molecule has 0 unspecified atom stereocenters. The molecule has 0 aliphatic carbocycles. The second-order valence-electron chi connectivity index (χ2n) is 5.53. The second kappa shape index (κ2) is 4.67. The summed E-state index contributed by atoms with van der Waals surface area (Å²) in [6.45, 7) is 0. The lowest BCUT2D eigenvalue weighted by Gasteiger charge is -2.06. The molecule has 0 radical (unpaired) electrons. The van der Waals surface area contributed by atoms with Gasteiger partial charge in [0.2, 0.25) is 0 Å². The third-order valence-electron chi connectivity index (χ3n) is 4.31. The van der Waals surface area contributed by atoms with Crippen LogP contribution in [0.25, 0.3) is 27.5 Å². The van der Waals surface area contributed by atoms with E-state index in [9.17, 15) is 15.4 Å². The van der Waals surface area contributed by atoms with Gasteiger partial charge in [-0.2, -0.15) is 5.26 Å². The molecule has 24 heavy (non-hydrogen) atoms. The van der Waals surface area contributed by atoms with E-state index in [1.165, 1.54) is 12.1 Å². The molecule has 0 aliphatic heterocycles. The molecule has 4 aromatic rings. The van der Waals surface area contributed by atoms with Crippen LogP contribution in [-0.4, -0.2) is 13.9 Å². The molecular formula is C17H11N5O2. The summed E-state index contributed by atoms with van der Waals surface area (Å²) in [4.78, 5) is 10.6. The summed E-state index contributed by atoms with van der Waals surface area (Å²) in [6.07, 6.45) is 0. The maximum absolute atomic E-state index is 11.1. The zero-order chi connectivity index (χ0) is 17.0. The minimum Gasteiger partial charge on any atom is -0.328 e. The Hall–Kier alpha value is -3.66. The first-order valence-corrected chi connectivity index (χ1v) is 7.19. The van der Waals surface area contributed by atoms with E-state index in [0.717, 1.165) is 11.0 Å². The van der Waals surface area contributed by atoms with Crippen molar-refractivity contribution < 1.29 is 4.92 Å². The highest BCUT2D eigenvalue weighted by Gasteiger charge is 2.18. The minimum absolute atomic E-state index is 0.0972. The normalized spacial score (nSPS) is 11.2. The number of imidazole rings is 1. The number of hydrogen-bond donors (Lipinski definition) is 1. The average Bonchev–Trinajstić information content (AvgIpc) is 2.89. The summed E-state index contributed by atoms with van der Waals surface area (Å²) in [5.41, 5.74) is 2.69. The molecule has 4 rings (SSSR count). The quantitative estimate of drug-likeness (QED) is 0.431. The van der Waals surface area contributed by atoms with Gasteiger partial charge in [0.1, 0.15) is 22.8 Å². The fraction of sp³-hybridized carbons (Fsp3) is 0.0588. The average molecular weight is 317 g/mol. The van der Waals surface area contributed by atoms with Gasteiger partial charge in [-0.1, -0.05) is 12.1 Å². The topological polar surface area (TPSA) is 100 Å².